The minimum absolute atomic E-state index is 0.156. The third-order valence-corrected chi connectivity index (χ3v) is 3.54. The molecular formula is C17H11ClO5. The zero-order valence-corrected chi connectivity index (χ0v) is 12.5. The van der Waals surface area contributed by atoms with Gasteiger partial charge in [-0.05, 0) is 29.8 Å². The molecule has 0 radical (unpaired) electrons. The summed E-state index contributed by atoms with van der Waals surface area (Å²) in [5.74, 6) is -0.538. The number of carboxylic acid groups (broad SMARTS) is 1. The van der Waals surface area contributed by atoms with Crippen molar-refractivity contribution in [2.75, 3.05) is 6.61 Å². The topological polar surface area (TPSA) is 72.8 Å². The average molecular weight is 331 g/mol. The number of rotatable bonds is 4. The first-order valence-corrected chi connectivity index (χ1v) is 7.10. The molecule has 0 saturated carbocycles. The van der Waals surface area contributed by atoms with Gasteiger partial charge in [0.15, 0.2) is 12.4 Å². The van der Waals surface area contributed by atoms with Gasteiger partial charge >= 0.3 is 5.97 Å². The maximum atomic E-state index is 12.3. The first-order valence-electron chi connectivity index (χ1n) is 6.72. The second-order valence-electron chi connectivity index (χ2n) is 4.80. The molecule has 1 heterocycles. The van der Waals surface area contributed by atoms with Crippen molar-refractivity contribution < 1.29 is 24.2 Å². The van der Waals surface area contributed by atoms with Gasteiger partial charge in [-0.3, -0.25) is 4.79 Å². The molecule has 5 nitrogen and oxygen atoms in total. The summed E-state index contributed by atoms with van der Waals surface area (Å²) in [5, 5.41) is 9.12. The number of ketones is 1. The number of ether oxygens (including phenoxy) is 2. The molecule has 2 aromatic carbocycles. The van der Waals surface area contributed by atoms with E-state index in [0.29, 0.717) is 27.6 Å². The highest BCUT2D eigenvalue weighted by Gasteiger charge is 2.28. The number of carbonyl (C=O) groups excluding carboxylic acids is 1. The van der Waals surface area contributed by atoms with Crippen LogP contribution >= 0.6 is 11.6 Å². The minimum Gasteiger partial charge on any atom is -0.482 e. The van der Waals surface area contributed by atoms with Crippen LogP contribution in [0.5, 0.6) is 11.5 Å². The summed E-state index contributed by atoms with van der Waals surface area (Å²) in [6, 6.07) is 11.7. The van der Waals surface area contributed by atoms with E-state index in [4.69, 9.17) is 26.2 Å². The molecule has 23 heavy (non-hydrogen) atoms. The van der Waals surface area contributed by atoms with Gasteiger partial charge in [-0.25, -0.2) is 4.79 Å². The smallest absolute Gasteiger partial charge is 0.341 e. The SMILES string of the molecule is O=C(O)COc1ccc2c(c1)O/C(=C\c1ccccc1Cl)C2=O. The van der Waals surface area contributed by atoms with E-state index in [2.05, 4.69) is 0 Å². The highest BCUT2D eigenvalue weighted by molar-refractivity contribution is 6.32. The zero-order chi connectivity index (χ0) is 16.4. The molecule has 6 heteroatoms. The number of fused-ring (bicyclic) bond motifs is 1. The molecule has 2 aromatic rings. The Hall–Kier alpha value is -2.79. The summed E-state index contributed by atoms with van der Waals surface area (Å²) in [7, 11) is 0. The Balaban J connectivity index is 1.87. The normalized spacial score (nSPS) is 14.5. The fraction of sp³-hybridized carbons (Fsp3) is 0.0588. The predicted molar refractivity (Wildman–Crippen MR) is 84.0 cm³/mol. The van der Waals surface area contributed by atoms with Crippen molar-refractivity contribution in [1.82, 2.24) is 0 Å². The van der Waals surface area contributed by atoms with E-state index < -0.39 is 12.6 Å². The summed E-state index contributed by atoms with van der Waals surface area (Å²) < 4.78 is 10.6. The van der Waals surface area contributed by atoms with E-state index in [1.807, 2.05) is 6.07 Å². The van der Waals surface area contributed by atoms with Crippen LogP contribution in [0.1, 0.15) is 15.9 Å². The lowest BCUT2D eigenvalue weighted by molar-refractivity contribution is -0.139. The monoisotopic (exact) mass is 330 g/mol. The number of carbonyl (C=O) groups is 2. The first kappa shape index (κ1) is 15.1. The number of halogens is 1. The zero-order valence-electron chi connectivity index (χ0n) is 11.8. The van der Waals surface area contributed by atoms with Crippen molar-refractivity contribution in [3.8, 4) is 11.5 Å². The van der Waals surface area contributed by atoms with Gasteiger partial charge in [-0.15, -0.1) is 0 Å². The summed E-state index contributed by atoms with van der Waals surface area (Å²) in [6.07, 6.45) is 1.57. The van der Waals surface area contributed by atoms with E-state index in [1.165, 1.54) is 12.1 Å². The van der Waals surface area contributed by atoms with Crippen LogP contribution in [-0.4, -0.2) is 23.5 Å². The van der Waals surface area contributed by atoms with Crippen molar-refractivity contribution in [3.63, 3.8) is 0 Å². The molecule has 116 valence electrons. The second-order valence-corrected chi connectivity index (χ2v) is 5.21. The number of allylic oxidation sites excluding steroid dienone is 1. The van der Waals surface area contributed by atoms with Gasteiger partial charge in [0.05, 0.1) is 5.56 Å². The highest BCUT2D eigenvalue weighted by Crippen LogP contribution is 2.35. The van der Waals surface area contributed by atoms with E-state index in [9.17, 15) is 9.59 Å². The first-order chi connectivity index (χ1) is 11.0. The standard InChI is InChI=1S/C17H11ClO5/c18-13-4-2-1-3-10(13)7-15-17(21)12-6-5-11(8-14(12)23-15)22-9-16(19)20/h1-8H,9H2,(H,19,20)/b15-7-. The van der Waals surface area contributed by atoms with Crippen molar-refractivity contribution in [3.05, 3.63) is 64.4 Å². The Kier molecular flexibility index (Phi) is 4.04. The molecule has 1 aliphatic heterocycles. The Morgan fingerprint density at radius 3 is 2.78 bits per heavy atom. The average Bonchev–Trinajstić information content (AvgIpc) is 2.83. The third kappa shape index (κ3) is 3.19. The fourth-order valence-electron chi connectivity index (χ4n) is 2.14. The summed E-state index contributed by atoms with van der Waals surface area (Å²) >= 11 is 6.07. The molecule has 0 aliphatic carbocycles. The van der Waals surface area contributed by atoms with Crippen LogP contribution in [0.3, 0.4) is 0 Å². The number of aliphatic carboxylic acids is 1. The molecule has 0 unspecified atom stereocenters. The Bertz CT molecular complexity index is 825. The Morgan fingerprint density at radius 2 is 2.04 bits per heavy atom. The lowest BCUT2D eigenvalue weighted by Gasteiger charge is -2.04. The van der Waals surface area contributed by atoms with Gasteiger partial charge < -0.3 is 14.6 Å². The number of carboxylic acids is 1. The summed E-state index contributed by atoms with van der Waals surface area (Å²) in [5.41, 5.74) is 1.07. The molecule has 3 rings (SSSR count). The molecule has 0 bridgehead atoms. The Labute approximate surface area is 136 Å². The van der Waals surface area contributed by atoms with E-state index >= 15 is 0 Å². The fourth-order valence-corrected chi connectivity index (χ4v) is 2.33. The lowest BCUT2D eigenvalue weighted by atomic mass is 10.1. The van der Waals surface area contributed by atoms with Crippen LogP contribution in [0.2, 0.25) is 5.02 Å². The van der Waals surface area contributed by atoms with E-state index in [1.54, 1.807) is 30.3 Å². The molecule has 0 aromatic heterocycles. The van der Waals surface area contributed by atoms with Crippen LogP contribution in [0.4, 0.5) is 0 Å². The van der Waals surface area contributed by atoms with Crippen LogP contribution in [-0.2, 0) is 4.79 Å². The molecular weight excluding hydrogens is 320 g/mol. The maximum absolute atomic E-state index is 12.3. The Morgan fingerprint density at radius 1 is 1.26 bits per heavy atom. The van der Waals surface area contributed by atoms with E-state index in [0.717, 1.165) is 0 Å². The molecule has 0 fully saturated rings. The van der Waals surface area contributed by atoms with Crippen molar-refractivity contribution >= 4 is 29.4 Å². The predicted octanol–water partition coefficient (Wildman–Crippen LogP) is 3.42. The quantitative estimate of drug-likeness (QED) is 0.870. The molecule has 0 saturated heterocycles. The number of hydrogen-bond acceptors (Lipinski definition) is 4. The van der Waals surface area contributed by atoms with Gasteiger partial charge in [0.25, 0.3) is 0 Å². The molecule has 0 spiro atoms. The lowest BCUT2D eigenvalue weighted by Crippen LogP contribution is -2.09. The molecule has 1 aliphatic rings. The van der Waals surface area contributed by atoms with Crippen LogP contribution in [0, 0.1) is 0 Å². The van der Waals surface area contributed by atoms with Gasteiger partial charge in [-0.2, -0.15) is 0 Å². The number of Topliss-reactive ketones (excluding diaryl/α,β-unsaturated/α-hetero) is 1. The van der Waals surface area contributed by atoms with Gasteiger partial charge in [0.2, 0.25) is 5.78 Å². The molecule has 0 amide bonds. The van der Waals surface area contributed by atoms with Gasteiger partial charge in [0.1, 0.15) is 11.5 Å². The number of hydrogen-bond donors (Lipinski definition) is 1. The molecule has 0 atom stereocenters. The number of benzene rings is 2. The van der Waals surface area contributed by atoms with Crippen molar-refractivity contribution in [2.45, 2.75) is 0 Å². The van der Waals surface area contributed by atoms with Crippen molar-refractivity contribution in [1.29, 1.82) is 0 Å². The van der Waals surface area contributed by atoms with Crippen LogP contribution < -0.4 is 9.47 Å². The third-order valence-electron chi connectivity index (χ3n) is 3.20. The van der Waals surface area contributed by atoms with Gasteiger partial charge in [-0.1, -0.05) is 29.8 Å². The molecule has 1 N–H and O–H groups in total. The van der Waals surface area contributed by atoms with E-state index in [-0.39, 0.29) is 11.5 Å². The largest absolute Gasteiger partial charge is 0.482 e. The van der Waals surface area contributed by atoms with Crippen LogP contribution in [0.15, 0.2) is 48.2 Å². The second kappa shape index (κ2) is 6.14. The summed E-state index contributed by atoms with van der Waals surface area (Å²) in [4.78, 5) is 22.8. The summed E-state index contributed by atoms with van der Waals surface area (Å²) in [6.45, 7) is -0.463. The maximum Gasteiger partial charge on any atom is 0.341 e. The van der Waals surface area contributed by atoms with Crippen LogP contribution in [0.25, 0.3) is 6.08 Å². The minimum atomic E-state index is -1.08. The van der Waals surface area contributed by atoms with Crippen molar-refractivity contribution in [2.24, 2.45) is 0 Å². The van der Waals surface area contributed by atoms with Gasteiger partial charge in [0, 0.05) is 11.1 Å². The highest BCUT2D eigenvalue weighted by atomic mass is 35.5.